The first kappa shape index (κ1) is 12.5. The lowest BCUT2D eigenvalue weighted by Gasteiger charge is -2.17. The molecule has 0 radical (unpaired) electrons. The van der Waals surface area contributed by atoms with Gasteiger partial charge in [-0.1, -0.05) is 0 Å². The molecule has 2 saturated heterocycles. The molecule has 17 heavy (non-hydrogen) atoms. The second kappa shape index (κ2) is 5.14. The molecule has 3 N–H and O–H groups in total. The smallest absolute Gasteiger partial charge is 0.315 e. The highest BCUT2D eigenvalue weighted by atomic mass is 32.2. The maximum atomic E-state index is 11.8. The van der Waals surface area contributed by atoms with Crippen molar-refractivity contribution in [1.82, 2.24) is 10.6 Å². The lowest BCUT2D eigenvalue weighted by molar-refractivity contribution is -0.137. The largest absolute Gasteiger partial charge is 0.616 e. The molecule has 0 aliphatic carbocycles. The van der Waals surface area contributed by atoms with Crippen LogP contribution in [0.1, 0.15) is 25.7 Å². The van der Waals surface area contributed by atoms with E-state index in [-0.39, 0.29) is 29.8 Å². The van der Waals surface area contributed by atoms with Crippen molar-refractivity contribution < 1.29 is 19.2 Å². The Morgan fingerprint density at radius 1 is 1.47 bits per heavy atom. The highest BCUT2D eigenvalue weighted by Crippen LogP contribution is 2.28. The SMILES string of the molecule is O=C(O)CCCCC1[C@H]2NC(=O)N[C@H]2C[S+]1[O-]. The Kier molecular flexibility index (Phi) is 3.78. The molecule has 0 saturated carbocycles. The van der Waals surface area contributed by atoms with Gasteiger partial charge in [-0.05, 0) is 30.4 Å². The van der Waals surface area contributed by atoms with E-state index in [4.69, 9.17) is 5.11 Å². The second-order valence-corrected chi connectivity index (χ2v) is 6.18. The van der Waals surface area contributed by atoms with Crippen molar-refractivity contribution in [3.63, 3.8) is 0 Å². The Hall–Kier alpha value is -0.950. The topological polar surface area (TPSA) is 101 Å². The van der Waals surface area contributed by atoms with Gasteiger partial charge in [-0.2, -0.15) is 0 Å². The molecule has 0 aromatic heterocycles. The maximum absolute atomic E-state index is 11.8. The van der Waals surface area contributed by atoms with Crippen LogP contribution in [-0.2, 0) is 16.0 Å². The molecular formula is C10H16N2O4S. The van der Waals surface area contributed by atoms with Crippen molar-refractivity contribution in [2.45, 2.75) is 43.0 Å². The molecule has 2 unspecified atom stereocenters. The van der Waals surface area contributed by atoms with Gasteiger partial charge in [-0.3, -0.25) is 4.79 Å². The van der Waals surface area contributed by atoms with Crippen LogP contribution >= 0.6 is 0 Å². The Morgan fingerprint density at radius 3 is 2.94 bits per heavy atom. The average Bonchev–Trinajstić information content (AvgIpc) is 2.69. The van der Waals surface area contributed by atoms with Crippen molar-refractivity contribution >= 4 is 23.2 Å². The third-order valence-corrected chi connectivity index (χ3v) is 5.15. The van der Waals surface area contributed by atoms with Crippen molar-refractivity contribution in [1.29, 1.82) is 0 Å². The first-order valence-corrected chi connectivity index (χ1v) is 7.12. The number of nitrogens with one attached hydrogen (secondary N) is 2. The van der Waals surface area contributed by atoms with E-state index in [1.807, 2.05) is 0 Å². The summed E-state index contributed by atoms with van der Waals surface area (Å²) in [6.45, 7) is 0. The van der Waals surface area contributed by atoms with E-state index in [1.54, 1.807) is 0 Å². The predicted octanol–water partition coefficient (Wildman–Crippen LogP) is -0.188. The van der Waals surface area contributed by atoms with Crippen molar-refractivity contribution in [2.24, 2.45) is 0 Å². The van der Waals surface area contributed by atoms with Gasteiger partial charge in [0, 0.05) is 6.42 Å². The zero-order valence-corrected chi connectivity index (χ0v) is 10.2. The van der Waals surface area contributed by atoms with Crippen molar-refractivity contribution in [2.75, 3.05) is 5.75 Å². The molecule has 2 amide bonds. The monoisotopic (exact) mass is 260 g/mol. The molecular weight excluding hydrogens is 244 g/mol. The summed E-state index contributed by atoms with van der Waals surface area (Å²) >= 11 is -0.923. The zero-order valence-electron chi connectivity index (χ0n) is 9.35. The Balaban J connectivity index is 1.79. The van der Waals surface area contributed by atoms with Crippen LogP contribution in [0.3, 0.4) is 0 Å². The molecule has 2 fully saturated rings. The fourth-order valence-corrected chi connectivity index (χ4v) is 4.35. The normalized spacial score (nSPS) is 35.2. The van der Waals surface area contributed by atoms with E-state index < -0.39 is 17.1 Å². The minimum atomic E-state index is -0.923. The first-order valence-electron chi connectivity index (χ1n) is 5.74. The van der Waals surface area contributed by atoms with Crippen LogP contribution < -0.4 is 10.6 Å². The standard InChI is InChI=1S/C10H16N2O4S/c13-8(14)4-2-1-3-7-9-6(5-17(7)16)11-10(15)12-9/h6-7,9H,1-5H2,(H,13,14)(H2,11,12,15)/t6-,7?,9-,17?/m0/s1. The maximum Gasteiger partial charge on any atom is 0.315 e. The Morgan fingerprint density at radius 2 is 2.24 bits per heavy atom. The number of amides is 2. The number of urea groups is 1. The summed E-state index contributed by atoms with van der Waals surface area (Å²) in [6, 6.07) is -0.256. The van der Waals surface area contributed by atoms with E-state index in [2.05, 4.69) is 10.6 Å². The van der Waals surface area contributed by atoms with Gasteiger partial charge in [0.2, 0.25) is 0 Å². The van der Waals surface area contributed by atoms with Gasteiger partial charge in [-0.25, -0.2) is 4.79 Å². The number of carboxylic acids is 1. The summed E-state index contributed by atoms with van der Waals surface area (Å²) in [5.41, 5.74) is 0. The molecule has 0 spiro atoms. The number of rotatable bonds is 5. The zero-order chi connectivity index (χ0) is 12.4. The summed E-state index contributed by atoms with van der Waals surface area (Å²) in [6.07, 6.45) is 2.20. The number of fused-ring (bicyclic) bond motifs is 1. The number of aliphatic carboxylic acids is 1. The van der Waals surface area contributed by atoms with Gasteiger partial charge in [0.05, 0.1) is 0 Å². The molecule has 2 rings (SSSR count). The summed E-state index contributed by atoms with van der Waals surface area (Å²) in [7, 11) is 0. The molecule has 0 bridgehead atoms. The number of carboxylic acid groups (broad SMARTS) is 1. The third-order valence-electron chi connectivity index (χ3n) is 3.26. The summed E-state index contributed by atoms with van der Waals surface area (Å²) in [5, 5.41) is 14.0. The fourth-order valence-electron chi connectivity index (χ4n) is 2.45. The van der Waals surface area contributed by atoms with Crippen molar-refractivity contribution in [3.05, 3.63) is 0 Å². The molecule has 2 heterocycles. The molecule has 0 aromatic rings. The number of unbranched alkanes of at least 4 members (excludes halogenated alkanes) is 1. The van der Waals surface area contributed by atoms with Crippen LogP contribution in [0.2, 0.25) is 0 Å². The van der Waals surface area contributed by atoms with Crippen molar-refractivity contribution in [3.8, 4) is 0 Å². The van der Waals surface area contributed by atoms with Crippen LogP contribution in [0.25, 0.3) is 0 Å². The van der Waals surface area contributed by atoms with Gasteiger partial charge in [0.1, 0.15) is 23.1 Å². The number of hydrogen-bond acceptors (Lipinski definition) is 3. The van der Waals surface area contributed by atoms with E-state index in [0.717, 1.165) is 6.42 Å². The highest BCUT2D eigenvalue weighted by Gasteiger charge is 2.50. The number of carbonyl (C=O) groups excluding carboxylic acids is 1. The van der Waals surface area contributed by atoms with E-state index in [0.29, 0.717) is 18.6 Å². The van der Waals surface area contributed by atoms with Crippen LogP contribution in [0.4, 0.5) is 4.79 Å². The predicted molar refractivity (Wildman–Crippen MR) is 62.1 cm³/mol. The Labute approximate surface area is 102 Å². The number of hydrogen-bond donors (Lipinski definition) is 3. The lowest BCUT2D eigenvalue weighted by Crippen LogP contribution is -2.39. The molecule has 96 valence electrons. The van der Waals surface area contributed by atoms with E-state index >= 15 is 0 Å². The van der Waals surface area contributed by atoms with Crippen LogP contribution in [0, 0.1) is 0 Å². The van der Waals surface area contributed by atoms with Gasteiger partial charge in [0.25, 0.3) is 0 Å². The molecule has 7 heteroatoms. The Bertz CT molecular complexity index is 325. The third kappa shape index (κ3) is 2.84. The summed E-state index contributed by atoms with van der Waals surface area (Å²) in [5.74, 6) is -0.293. The highest BCUT2D eigenvalue weighted by molar-refractivity contribution is 7.92. The van der Waals surface area contributed by atoms with Crippen LogP contribution in [0.5, 0.6) is 0 Å². The van der Waals surface area contributed by atoms with Gasteiger partial charge < -0.3 is 20.3 Å². The van der Waals surface area contributed by atoms with Gasteiger partial charge in [-0.15, -0.1) is 0 Å². The minimum Gasteiger partial charge on any atom is -0.616 e. The molecule has 2 aliphatic rings. The lowest BCUT2D eigenvalue weighted by atomic mass is 10.0. The summed E-state index contributed by atoms with van der Waals surface area (Å²) < 4.78 is 11.8. The quantitative estimate of drug-likeness (QED) is 0.362. The first-order chi connectivity index (χ1) is 8.08. The van der Waals surface area contributed by atoms with E-state index in [9.17, 15) is 14.1 Å². The van der Waals surface area contributed by atoms with Crippen LogP contribution in [-0.4, -0.2) is 44.7 Å². The van der Waals surface area contributed by atoms with Crippen LogP contribution in [0.15, 0.2) is 0 Å². The van der Waals surface area contributed by atoms with Gasteiger partial charge in [0.15, 0.2) is 0 Å². The second-order valence-electron chi connectivity index (χ2n) is 4.48. The van der Waals surface area contributed by atoms with Gasteiger partial charge >= 0.3 is 12.0 Å². The molecule has 6 nitrogen and oxygen atoms in total. The fraction of sp³-hybridized carbons (Fsp3) is 0.800. The van der Waals surface area contributed by atoms with E-state index in [1.165, 1.54) is 0 Å². The molecule has 4 atom stereocenters. The average molecular weight is 260 g/mol. The molecule has 0 aromatic carbocycles. The summed E-state index contributed by atoms with van der Waals surface area (Å²) in [4.78, 5) is 21.5. The molecule has 2 aliphatic heterocycles. The minimum absolute atomic E-state index is 0.0205. The number of carbonyl (C=O) groups is 2.